The van der Waals surface area contributed by atoms with Crippen LogP contribution in [0.25, 0.3) is 10.9 Å². The Bertz CT molecular complexity index is 1150. The predicted molar refractivity (Wildman–Crippen MR) is 116 cm³/mol. The molecule has 1 heterocycles. The first-order chi connectivity index (χ1) is 14.1. The van der Waals surface area contributed by atoms with Crippen molar-refractivity contribution in [2.75, 3.05) is 10.6 Å². The lowest BCUT2D eigenvalue weighted by Gasteiger charge is -2.19. The molecule has 5 heteroatoms. The number of hydrogen-bond acceptors (Lipinski definition) is 3. The average molecular weight is 383 g/mol. The van der Waals surface area contributed by atoms with Gasteiger partial charge in [-0.1, -0.05) is 48.5 Å². The summed E-state index contributed by atoms with van der Waals surface area (Å²) in [6.45, 7) is 1.47. The van der Waals surface area contributed by atoms with Gasteiger partial charge < -0.3 is 15.6 Å². The van der Waals surface area contributed by atoms with Crippen LogP contribution in [0.2, 0.25) is 0 Å². The third-order valence-corrected chi connectivity index (χ3v) is 4.77. The number of amides is 1. The van der Waals surface area contributed by atoms with Gasteiger partial charge in [-0.25, -0.2) is 0 Å². The van der Waals surface area contributed by atoms with Gasteiger partial charge in [0.05, 0.1) is 0 Å². The second kappa shape index (κ2) is 8.02. The van der Waals surface area contributed by atoms with Crippen molar-refractivity contribution in [2.24, 2.45) is 0 Å². The number of aromatic amines is 1. The number of fused-ring (bicyclic) bond motifs is 1. The van der Waals surface area contributed by atoms with Crippen molar-refractivity contribution in [1.82, 2.24) is 4.98 Å². The van der Waals surface area contributed by atoms with Gasteiger partial charge >= 0.3 is 0 Å². The van der Waals surface area contributed by atoms with Crippen molar-refractivity contribution in [3.63, 3.8) is 0 Å². The Hall–Kier alpha value is -3.86. The number of hydrogen-bond donors (Lipinski definition) is 3. The Kier molecular flexibility index (Phi) is 5.12. The van der Waals surface area contributed by atoms with Crippen molar-refractivity contribution < 1.29 is 9.59 Å². The van der Waals surface area contributed by atoms with Gasteiger partial charge in [-0.2, -0.15) is 0 Å². The van der Waals surface area contributed by atoms with Gasteiger partial charge in [-0.15, -0.1) is 0 Å². The van der Waals surface area contributed by atoms with Gasteiger partial charge in [0.15, 0.2) is 5.78 Å². The molecule has 144 valence electrons. The van der Waals surface area contributed by atoms with E-state index in [4.69, 9.17) is 0 Å². The normalized spacial score (nSPS) is 11.8. The summed E-state index contributed by atoms with van der Waals surface area (Å²) in [7, 11) is 0. The molecule has 0 aliphatic heterocycles. The molecule has 0 saturated carbocycles. The SMILES string of the molecule is CC(=O)Nc1ccc(N[C@@H](C(=O)c2c[nH]c3ccccc23)c2ccccc2)cc1. The third-order valence-electron chi connectivity index (χ3n) is 4.77. The summed E-state index contributed by atoms with van der Waals surface area (Å²) >= 11 is 0. The molecule has 0 unspecified atom stereocenters. The molecule has 4 rings (SSSR count). The first kappa shape index (κ1) is 18.5. The molecule has 0 aliphatic rings. The van der Waals surface area contributed by atoms with Crippen LogP contribution in [0.3, 0.4) is 0 Å². The molecule has 1 atom stereocenters. The fourth-order valence-corrected chi connectivity index (χ4v) is 3.40. The zero-order valence-corrected chi connectivity index (χ0v) is 16.0. The monoisotopic (exact) mass is 383 g/mol. The van der Waals surface area contributed by atoms with E-state index in [9.17, 15) is 9.59 Å². The number of Topliss-reactive ketones (excluding diaryl/α,β-unsaturated/α-hetero) is 1. The minimum absolute atomic E-state index is 0.0143. The molecule has 0 bridgehead atoms. The number of ketones is 1. The van der Waals surface area contributed by atoms with Crippen LogP contribution in [0.15, 0.2) is 85.1 Å². The summed E-state index contributed by atoms with van der Waals surface area (Å²) in [6, 6.07) is 24.2. The Morgan fingerprint density at radius 3 is 2.21 bits per heavy atom. The van der Waals surface area contributed by atoms with E-state index in [1.165, 1.54) is 6.92 Å². The van der Waals surface area contributed by atoms with Gasteiger partial charge in [0.25, 0.3) is 0 Å². The molecular formula is C24H21N3O2. The second-order valence-electron chi connectivity index (χ2n) is 6.86. The van der Waals surface area contributed by atoms with Crippen LogP contribution in [-0.2, 0) is 4.79 Å². The van der Waals surface area contributed by atoms with Gasteiger partial charge in [-0.05, 0) is 35.9 Å². The van der Waals surface area contributed by atoms with E-state index in [1.54, 1.807) is 6.20 Å². The van der Waals surface area contributed by atoms with E-state index < -0.39 is 6.04 Å². The number of H-pyrrole nitrogens is 1. The van der Waals surface area contributed by atoms with E-state index in [0.29, 0.717) is 11.3 Å². The van der Waals surface area contributed by atoms with Crippen LogP contribution in [-0.4, -0.2) is 16.7 Å². The van der Waals surface area contributed by atoms with Crippen LogP contribution in [0.1, 0.15) is 28.9 Å². The smallest absolute Gasteiger partial charge is 0.221 e. The highest BCUT2D eigenvalue weighted by atomic mass is 16.1. The summed E-state index contributed by atoms with van der Waals surface area (Å²) in [4.78, 5) is 27.9. The fourth-order valence-electron chi connectivity index (χ4n) is 3.40. The molecule has 1 amide bonds. The minimum Gasteiger partial charge on any atom is -0.371 e. The summed E-state index contributed by atoms with van der Waals surface area (Å²) in [5.41, 5.74) is 3.97. The first-order valence-corrected chi connectivity index (χ1v) is 9.41. The quantitative estimate of drug-likeness (QED) is 0.403. The lowest BCUT2D eigenvalue weighted by atomic mass is 9.96. The van der Waals surface area contributed by atoms with Crippen molar-refractivity contribution in [3.8, 4) is 0 Å². The highest BCUT2D eigenvalue weighted by molar-refractivity contribution is 6.11. The number of anilines is 2. The number of para-hydroxylation sites is 1. The summed E-state index contributed by atoms with van der Waals surface area (Å²) in [6.07, 6.45) is 1.77. The summed E-state index contributed by atoms with van der Waals surface area (Å²) < 4.78 is 0. The van der Waals surface area contributed by atoms with E-state index in [-0.39, 0.29) is 11.7 Å². The van der Waals surface area contributed by atoms with Crippen LogP contribution >= 0.6 is 0 Å². The van der Waals surface area contributed by atoms with Crippen molar-refractivity contribution >= 4 is 34.0 Å². The molecule has 3 aromatic carbocycles. The molecular weight excluding hydrogens is 362 g/mol. The fraction of sp³-hybridized carbons (Fsp3) is 0.0833. The number of carbonyl (C=O) groups is 2. The van der Waals surface area contributed by atoms with E-state index >= 15 is 0 Å². The standard InChI is InChI=1S/C24H21N3O2/c1-16(28)26-18-11-13-19(14-12-18)27-23(17-7-3-2-4-8-17)24(29)21-15-25-22-10-6-5-9-20(21)22/h2-15,23,25,27H,1H3,(H,26,28)/t23-/m1/s1. The highest BCUT2D eigenvalue weighted by Crippen LogP contribution is 2.28. The summed E-state index contributed by atoms with van der Waals surface area (Å²) in [5.74, 6) is -0.137. The molecule has 0 radical (unpaired) electrons. The molecule has 0 aliphatic carbocycles. The molecule has 1 aromatic heterocycles. The van der Waals surface area contributed by atoms with Crippen molar-refractivity contribution in [2.45, 2.75) is 13.0 Å². The lowest BCUT2D eigenvalue weighted by Crippen LogP contribution is -2.21. The van der Waals surface area contributed by atoms with Gasteiger partial charge in [0.1, 0.15) is 6.04 Å². The number of nitrogens with one attached hydrogen (secondary N) is 3. The maximum atomic E-state index is 13.5. The second-order valence-corrected chi connectivity index (χ2v) is 6.86. The van der Waals surface area contributed by atoms with E-state index in [1.807, 2.05) is 78.9 Å². The van der Waals surface area contributed by atoms with Crippen molar-refractivity contribution in [1.29, 1.82) is 0 Å². The minimum atomic E-state index is -0.540. The number of benzene rings is 3. The third kappa shape index (κ3) is 4.04. The predicted octanol–water partition coefficient (Wildman–Crippen LogP) is 5.16. The average Bonchev–Trinajstić information content (AvgIpc) is 3.17. The largest absolute Gasteiger partial charge is 0.371 e. The summed E-state index contributed by atoms with van der Waals surface area (Å²) in [5, 5.41) is 7.00. The van der Waals surface area contributed by atoms with E-state index in [2.05, 4.69) is 15.6 Å². The van der Waals surface area contributed by atoms with Crippen LogP contribution in [0.5, 0.6) is 0 Å². The Balaban J connectivity index is 1.67. The first-order valence-electron chi connectivity index (χ1n) is 9.41. The Labute approximate surface area is 168 Å². The number of rotatable bonds is 6. The number of aromatic nitrogens is 1. The highest BCUT2D eigenvalue weighted by Gasteiger charge is 2.24. The molecule has 3 N–H and O–H groups in total. The molecule has 0 saturated heterocycles. The number of carbonyl (C=O) groups excluding carboxylic acids is 2. The van der Waals surface area contributed by atoms with Gasteiger partial charge in [-0.3, -0.25) is 9.59 Å². The Morgan fingerprint density at radius 1 is 0.828 bits per heavy atom. The maximum Gasteiger partial charge on any atom is 0.221 e. The Morgan fingerprint density at radius 2 is 1.48 bits per heavy atom. The van der Waals surface area contributed by atoms with Crippen LogP contribution in [0.4, 0.5) is 11.4 Å². The molecule has 0 spiro atoms. The van der Waals surface area contributed by atoms with E-state index in [0.717, 1.165) is 22.2 Å². The molecule has 5 nitrogen and oxygen atoms in total. The maximum absolute atomic E-state index is 13.5. The molecule has 4 aromatic rings. The van der Waals surface area contributed by atoms with Gasteiger partial charge in [0, 0.05) is 41.0 Å². The molecule has 0 fully saturated rings. The molecule has 29 heavy (non-hydrogen) atoms. The topological polar surface area (TPSA) is 74.0 Å². The zero-order valence-electron chi connectivity index (χ0n) is 16.0. The van der Waals surface area contributed by atoms with Crippen LogP contribution in [0, 0.1) is 0 Å². The lowest BCUT2D eigenvalue weighted by molar-refractivity contribution is -0.114. The zero-order chi connectivity index (χ0) is 20.2. The van der Waals surface area contributed by atoms with Crippen molar-refractivity contribution in [3.05, 3.63) is 96.2 Å². The van der Waals surface area contributed by atoms with Crippen LogP contribution < -0.4 is 10.6 Å². The van der Waals surface area contributed by atoms with Gasteiger partial charge in [0.2, 0.25) is 5.91 Å².